The van der Waals surface area contributed by atoms with E-state index < -0.39 is 105 Å². The van der Waals surface area contributed by atoms with Gasteiger partial charge in [0.1, 0.15) is 48.8 Å². The number of fused-ring (bicyclic) bond motifs is 1. The van der Waals surface area contributed by atoms with Crippen LogP contribution in [0.25, 0.3) is 0 Å². The molecule has 3 heterocycles. The lowest BCUT2D eigenvalue weighted by atomic mass is 9.98. The second-order valence-electron chi connectivity index (χ2n) is 18.7. The molecule has 3 aliphatic rings. The third-order valence-electron chi connectivity index (χ3n) is 13.0. The van der Waals surface area contributed by atoms with Crippen LogP contribution >= 0.6 is 0 Å². The molecule has 0 aliphatic carbocycles. The predicted octanol–water partition coefficient (Wildman–Crippen LogP) is 5.88. The Labute approximate surface area is 390 Å². The summed E-state index contributed by atoms with van der Waals surface area (Å²) in [5.74, 6) is -2.64. The highest BCUT2D eigenvalue weighted by Crippen LogP contribution is 2.49. The smallest absolute Gasteiger partial charge is 0.315 e. The maximum absolute atomic E-state index is 13.3. The minimum absolute atomic E-state index is 0.260. The highest BCUT2D eigenvalue weighted by atomic mass is 17.0. The quantitative estimate of drug-likeness (QED) is 0.0199. The fourth-order valence-corrected chi connectivity index (χ4v) is 8.73. The van der Waals surface area contributed by atoms with Gasteiger partial charge in [-0.15, -0.1) is 0 Å². The maximum atomic E-state index is 13.3. The lowest BCUT2D eigenvalue weighted by molar-refractivity contribution is -0.362. The summed E-state index contributed by atoms with van der Waals surface area (Å²) in [7, 11) is 0. The average Bonchev–Trinajstić information content (AvgIpc) is 4.03. The molecule has 0 radical (unpaired) electrons. The van der Waals surface area contributed by atoms with E-state index in [1.807, 2.05) is 6.08 Å². The number of nitrogens with one attached hydrogen (secondary N) is 1. The molecule has 65 heavy (non-hydrogen) atoms. The highest BCUT2D eigenvalue weighted by Gasteiger charge is 2.72. The summed E-state index contributed by atoms with van der Waals surface area (Å²) in [5, 5.41) is 87.4. The molecule has 0 aromatic heterocycles. The Morgan fingerprint density at radius 2 is 1.12 bits per heavy atom. The van der Waals surface area contributed by atoms with Crippen molar-refractivity contribution in [1.82, 2.24) is 5.32 Å². The number of carbonyl (C=O) groups is 1. The van der Waals surface area contributed by atoms with Crippen LogP contribution in [0.5, 0.6) is 0 Å². The Morgan fingerprint density at radius 3 is 1.68 bits per heavy atom. The second-order valence-corrected chi connectivity index (χ2v) is 18.7. The third-order valence-corrected chi connectivity index (χ3v) is 13.0. The van der Waals surface area contributed by atoms with Crippen LogP contribution in [0, 0.1) is 0 Å². The van der Waals surface area contributed by atoms with E-state index in [0.717, 1.165) is 38.5 Å². The molecule has 0 aromatic carbocycles. The van der Waals surface area contributed by atoms with E-state index in [4.69, 9.17) is 23.7 Å². The first kappa shape index (κ1) is 57.7. The summed E-state index contributed by atoms with van der Waals surface area (Å²) >= 11 is 0. The van der Waals surface area contributed by atoms with Crippen LogP contribution in [-0.2, 0) is 28.5 Å². The van der Waals surface area contributed by atoms with Crippen molar-refractivity contribution in [2.45, 2.75) is 267 Å². The number of hydrogen-bond acceptors (Lipinski definition) is 14. The first-order valence-corrected chi connectivity index (χ1v) is 25.8. The van der Waals surface area contributed by atoms with Crippen molar-refractivity contribution in [3.63, 3.8) is 0 Å². The number of carbonyl (C=O) groups excluding carboxylic acids is 1. The van der Waals surface area contributed by atoms with Gasteiger partial charge in [0.05, 0.1) is 32.0 Å². The summed E-state index contributed by atoms with van der Waals surface area (Å²) in [6.45, 7) is 2.69. The zero-order chi connectivity index (χ0) is 47.3. The molecule has 1 amide bonds. The van der Waals surface area contributed by atoms with Gasteiger partial charge in [0.2, 0.25) is 5.91 Å². The lowest BCUT2D eigenvalue weighted by Gasteiger charge is -2.43. The Kier molecular flexibility index (Phi) is 30.1. The van der Waals surface area contributed by atoms with Crippen LogP contribution in [0.4, 0.5) is 0 Å². The molecule has 13 atom stereocenters. The standard InChI is InChI=1S/C50H91NO14/c1-3-5-7-9-11-13-15-17-18-19-21-23-25-27-29-31-33-39(55)48(60)51-37(38(54)32-30-28-26-24-22-20-16-14-12-10-8-6-4-2)36-61-49-45(59)43(57)46(41(35-53)62-49)64-50-47(65-50)44(58)42(56)40(34-52)63-50/h22,24,30,32,37-47,49,52-59H,3-21,23,25-29,31,33-36H2,1-2H3,(H,51,60). The number of amides is 1. The molecule has 3 rings (SSSR count). The fourth-order valence-electron chi connectivity index (χ4n) is 8.73. The van der Waals surface area contributed by atoms with Gasteiger partial charge in [-0.3, -0.25) is 4.79 Å². The Balaban J connectivity index is 1.46. The van der Waals surface area contributed by atoms with Gasteiger partial charge >= 0.3 is 5.97 Å². The molecule has 0 spiro atoms. The molecular formula is C50H91NO14. The van der Waals surface area contributed by atoms with E-state index in [9.17, 15) is 45.6 Å². The van der Waals surface area contributed by atoms with Crippen molar-refractivity contribution in [2.75, 3.05) is 19.8 Å². The predicted molar refractivity (Wildman–Crippen MR) is 248 cm³/mol. The SMILES string of the molecule is CCCCCCCCCC=CCCC=CC(O)C(COC1OC(CO)C(OC23OC(CO)C(O)C(O)C2O3)C(O)C1O)NC(=O)C(O)CCCCCCCCCCCCCCCCCC. The molecule has 3 fully saturated rings. The van der Waals surface area contributed by atoms with Crippen molar-refractivity contribution in [3.8, 4) is 0 Å². The monoisotopic (exact) mass is 930 g/mol. The minimum atomic E-state index is -1.97. The normalized spacial score (nSPS) is 29.3. The molecule has 3 saturated heterocycles. The van der Waals surface area contributed by atoms with E-state index in [-0.39, 0.29) is 6.42 Å². The molecule has 380 valence electrons. The average molecular weight is 930 g/mol. The molecule has 13 unspecified atom stereocenters. The van der Waals surface area contributed by atoms with E-state index >= 15 is 0 Å². The summed E-state index contributed by atoms with van der Waals surface area (Å²) in [6.07, 6.45) is 23.0. The van der Waals surface area contributed by atoms with E-state index in [2.05, 4.69) is 31.3 Å². The molecule has 15 nitrogen and oxygen atoms in total. The Morgan fingerprint density at radius 1 is 0.615 bits per heavy atom. The van der Waals surface area contributed by atoms with Crippen LogP contribution in [0.15, 0.2) is 24.3 Å². The number of epoxide rings is 1. The van der Waals surface area contributed by atoms with Gasteiger partial charge in [0, 0.05) is 0 Å². The van der Waals surface area contributed by atoms with Gasteiger partial charge < -0.3 is 69.9 Å². The van der Waals surface area contributed by atoms with Gasteiger partial charge in [-0.05, 0) is 32.1 Å². The molecule has 0 aromatic rings. The Hall–Kier alpha value is -1.57. The van der Waals surface area contributed by atoms with Crippen molar-refractivity contribution in [1.29, 1.82) is 0 Å². The summed E-state index contributed by atoms with van der Waals surface area (Å²) in [6, 6.07) is -1.08. The van der Waals surface area contributed by atoms with Crippen LogP contribution in [0.2, 0.25) is 0 Å². The first-order valence-electron chi connectivity index (χ1n) is 25.8. The number of aliphatic hydroxyl groups is 8. The fraction of sp³-hybridized carbons (Fsp3) is 0.900. The van der Waals surface area contributed by atoms with E-state index in [0.29, 0.717) is 12.8 Å². The number of ether oxygens (including phenoxy) is 5. The molecule has 9 N–H and O–H groups in total. The van der Waals surface area contributed by atoms with Gasteiger partial charge in [-0.25, -0.2) is 0 Å². The van der Waals surface area contributed by atoms with Crippen molar-refractivity contribution >= 4 is 5.91 Å². The van der Waals surface area contributed by atoms with E-state index in [1.165, 1.54) is 116 Å². The topological polar surface area (TPSA) is 240 Å². The van der Waals surface area contributed by atoms with Gasteiger partial charge in [-0.1, -0.05) is 179 Å². The van der Waals surface area contributed by atoms with Crippen molar-refractivity contribution in [2.24, 2.45) is 0 Å². The number of hydrogen-bond donors (Lipinski definition) is 9. The number of aliphatic hydroxyl groups excluding tert-OH is 8. The highest BCUT2D eigenvalue weighted by molar-refractivity contribution is 5.80. The van der Waals surface area contributed by atoms with Crippen LogP contribution in [0.1, 0.15) is 187 Å². The lowest BCUT2D eigenvalue weighted by Crippen LogP contribution is -2.63. The number of allylic oxidation sites excluding steroid dienone is 3. The van der Waals surface area contributed by atoms with Gasteiger partial charge in [-0.2, -0.15) is 0 Å². The van der Waals surface area contributed by atoms with E-state index in [1.54, 1.807) is 6.08 Å². The molecule has 0 saturated carbocycles. The van der Waals surface area contributed by atoms with Crippen LogP contribution in [-0.4, -0.2) is 146 Å². The minimum Gasteiger partial charge on any atom is -0.394 e. The van der Waals surface area contributed by atoms with Crippen LogP contribution in [0.3, 0.4) is 0 Å². The van der Waals surface area contributed by atoms with Crippen LogP contribution < -0.4 is 5.32 Å². The van der Waals surface area contributed by atoms with Gasteiger partial charge in [0.15, 0.2) is 12.4 Å². The zero-order valence-corrected chi connectivity index (χ0v) is 40.0. The van der Waals surface area contributed by atoms with Crippen molar-refractivity contribution < 1.29 is 69.3 Å². The summed E-state index contributed by atoms with van der Waals surface area (Å²) < 4.78 is 28.4. The third kappa shape index (κ3) is 21.3. The van der Waals surface area contributed by atoms with Crippen molar-refractivity contribution in [3.05, 3.63) is 24.3 Å². The largest absolute Gasteiger partial charge is 0.394 e. The summed E-state index contributed by atoms with van der Waals surface area (Å²) in [4.78, 5) is 13.3. The van der Waals surface area contributed by atoms with Gasteiger partial charge in [0.25, 0.3) is 0 Å². The number of unbranched alkanes of at least 4 members (excludes halogenated alkanes) is 23. The maximum Gasteiger partial charge on any atom is 0.315 e. The Bertz CT molecular complexity index is 1270. The molecule has 3 aliphatic heterocycles. The molecule has 0 bridgehead atoms. The zero-order valence-electron chi connectivity index (χ0n) is 40.0. The first-order chi connectivity index (χ1) is 31.5. The molecular weight excluding hydrogens is 839 g/mol. The molecule has 15 heteroatoms. The summed E-state index contributed by atoms with van der Waals surface area (Å²) in [5.41, 5.74) is 0. The number of rotatable bonds is 39. The second kappa shape index (κ2) is 33.8.